The van der Waals surface area contributed by atoms with Gasteiger partial charge in [-0.2, -0.15) is 0 Å². The van der Waals surface area contributed by atoms with Gasteiger partial charge in [0.15, 0.2) is 0 Å². The summed E-state index contributed by atoms with van der Waals surface area (Å²) in [6.07, 6.45) is 3.71. The minimum atomic E-state index is 0.0153. The van der Waals surface area contributed by atoms with Gasteiger partial charge in [0, 0.05) is 23.2 Å². The van der Waals surface area contributed by atoms with Crippen molar-refractivity contribution in [2.75, 3.05) is 0 Å². The topological polar surface area (TPSA) is 38.7 Å². The van der Waals surface area contributed by atoms with E-state index < -0.39 is 0 Å². The van der Waals surface area contributed by atoms with Gasteiger partial charge in [0.05, 0.1) is 11.2 Å². The lowest BCUT2D eigenvalue weighted by Gasteiger charge is -2.20. The molecule has 0 aliphatic carbocycles. The molecule has 0 radical (unpaired) electrons. The van der Waals surface area contributed by atoms with Crippen LogP contribution in [0, 0.1) is 13.8 Å². The van der Waals surface area contributed by atoms with Gasteiger partial charge < -0.3 is 0 Å². The van der Waals surface area contributed by atoms with Gasteiger partial charge in [-0.3, -0.25) is 4.98 Å². The molecular weight excluding hydrogens is 198 g/mol. The van der Waals surface area contributed by atoms with Crippen molar-refractivity contribution in [2.24, 2.45) is 0 Å². The maximum absolute atomic E-state index is 4.56. The summed E-state index contributed by atoms with van der Waals surface area (Å²) in [5, 5.41) is 1.07. The molecule has 0 amide bonds. The fraction of sp³-hybridized carbons (Fsp3) is 0.462. The summed E-state index contributed by atoms with van der Waals surface area (Å²) in [5.74, 6) is 0.826. The fourth-order valence-electron chi connectivity index (χ4n) is 1.86. The molecular formula is C13H17N3. The molecule has 16 heavy (non-hydrogen) atoms. The van der Waals surface area contributed by atoms with Gasteiger partial charge in [0.25, 0.3) is 0 Å². The lowest BCUT2D eigenvalue weighted by Crippen LogP contribution is -2.16. The number of hydrogen-bond donors (Lipinski definition) is 0. The van der Waals surface area contributed by atoms with Gasteiger partial charge in [-0.1, -0.05) is 20.8 Å². The summed E-state index contributed by atoms with van der Waals surface area (Å²) in [6, 6.07) is 0. The summed E-state index contributed by atoms with van der Waals surface area (Å²) in [6.45, 7) is 10.5. The van der Waals surface area contributed by atoms with Crippen LogP contribution < -0.4 is 0 Å². The van der Waals surface area contributed by atoms with Gasteiger partial charge in [0.1, 0.15) is 5.82 Å². The molecule has 84 valence electrons. The molecule has 0 spiro atoms. The highest BCUT2D eigenvalue weighted by molar-refractivity contribution is 5.83. The number of aromatic nitrogens is 3. The van der Waals surface area contributed by atoms with Crippen LogP contribution in [-0.2, 0) is 5.41 Å². The van der Waals surface area contributed by atoms with Crippen LogP contribution in [0.1, 0.15) is 37.9 Å². The Bertz CT molecular complexity index is 539. The average Bonchev–Trinajstić information content (AvgIpc) is 2.17. The van der Waals surface area contributed by atoms with E-state index in [-0.39, 0.29) is 5.41 Å². The minimum absolute atomic E-state index is 0.0153. The van der Waals surface area contributed by atoms with Crippen LogP contribution in [-0.4, -0.2) is 15.0 Å². The highest BCUT2D eigenvalue weighted by atomic mass is 14.9. The van der Waals surface area contributed by atoms with Crippen LogP contribution in [0.4, 0.5) is 0 Å². The third kappa shape index (κ3) is 1.77. The standard InChI is InChI=1S/C13H17N3/c1-8-6-14-7-10-11(8)15-9(2)16-12(10)13(3,4)5/h6-7H,1-5H3. The quantitative estimate of drug-likeness (QED) is 0.678. The van der Waals surface area contributed by atoms with E-state index in [4.69, 9.17) is 0 Å². The Morgan fingerprint density at radius 3 is 2.31 bits per heavy atom. The first-order valence-electron chi connectivity index (χ1n) is 5.49. The van der Waals surface area contributed by atoms with Crippen molar-refractivity contribution >= 4 is 10.9 Å². The maximum atomic E-state index is 4.56. The molecule has 0 atom stereocenters. The second kappa shape index (κ2) is 3.51. The molecule has 0 N–H and O–H groups in total. The van der Waals surface area contributed by atoms with Gasteiger partial charge in [-0.05, 0) is 19.4 Å². The van der Waals surface area contributed by atoms with E-state index in [1.54, 1.807) is 0 Å². The Balaban J connectivity index is 2.89. The fourth-order valence-corrected chi connectivity index (χ4v) is 1.86. The number of pyridine rings is 1. The van der Waals surface area contributed by atoms with E-state index in [1.807, 2.05) is 26.2 Å². The van der Waals surface area contributed by atoms with E-state index in [0.29, 0.717) is 0 Å². The molecule has 3 nitrogen and oxygen atoms in total. The van der Waals surface area contributed by atoms with E-state index in [9.17, 15) is 0 Å². The molecule has 2 aromatic heterocycles. The van der Waals surface area contributed by atoms with Crippen molar-refractivity contribution in [3.63, 3.8) is 0 Å². The number of fused-ring (bicyclic) bond motifs is 1. The largest absolute Gasteiger partial charge is 0.264 e. The molecule has 0 aromatic carbocycles. The number of hydrogen-bond acceptors (Lipinski definition) is 3. The normalized spacial score (nSPS) is 12.1. The summed E-state index contributed by atoms with van der Waals surface area (Å²) in [4.78, 5) is 13.3. The molecule has 0 aliphatic rings. The smallest absolute Gasteiger partial charge is 0.126 e. The Hall–Kier alpha value is -1.51. The van der Waals surface area contributed by atoms with Crippen molar-refractivity contribution in [3.8, 4) is 0 Å². The predicted molar refractivity (Wildman–Crippen MR) is 65.5 cm³/mol. The van der Waals surface area contributed by atoms with Crippen LogP contribution >= 0.6 is 0 Å². The zero-order chi connectivity index (χ0) is 11.9. The van der Waals surface area contributed by atoms with E-state index in [2.05, 4.69) is 35.7 Å². The first-order chi connectivity index (χ1) is 7.39. The number of aryl methyl sites for hydroxylation is 2. The van der Waals surface area contributed by atoms with Crippen LogP contribution in [0.5, 0.6) is 0 Å². The molecule has 0 saturated carbocycles. The third-order valence-electron chi connectivity index (χ3n) is 2.61. The molecule has 3 heteroatoms. The summed E-state index contributed by atoms with van der Waals surface area (Å²) in [5.41, 5.74) is 3.22. The molecule has 0 bridgehead atoms. The minimum Gasteiger partial charge on any atom is -0.264 e. The predicted octanol–water partition coefficient (Wildman–Crippen LogP) is 2.94. The molecule has 0 aliphatic heterocycles. The van der Waals surface area contributed by atoms with Crippen LogP contribution in [0.2, 0.25) is 0 Å². The average molecular weight is 215 g/mol. The first-order valence-corrected chi connectivity index (χ1v) is 5.49. The maximum Gasteiger partial charge on any atom is 0.126 e. The Labute approximate surface area is 96.0 Å². The van der Waals surface area contributed by atoms with Crippen LogP contribution in [0.3, 0.4) is 0 Å². The Morgan fingerprint density at radius 1 is 1.00 bits per heavy atom. The first kappa shape index (κ1) is 11.0. The molecule has 2 aromatic rings. The van der Waals surface area contributed by atoms with Gasteiger partial charge >= 0.3 is 0 Å². The number of rotatable bonds is 0. The van der Waals surface area contributed by atoms with E-state index in [1.165, 1.54) is 0 Å². The SMILES string of the molecule is Cc1nc(C(C)(C)C)c2cncc(C)c2n1. The highest BCUT2D eigenvalue weighted by Gasteiger charge is 2.20. The van der Waals surface area contributed by atoms with Crippen molar-refractivity contribution in [2.45, 2.75) is 40.0 Å². The lowest BCUT2D eigenvalue weighted by molar-refractivity contribution is 0.571. The van der Waals surface area contributed by atoms with Crippen LogP contribution in [0.15, 0.2) is 12.4 Å². The summed E-state index contributed by atoms with van der Waals surface area (Å²) < 4.78 is 0. The number of nitrogens with zero attached hydrogens (tertiary/aromatic N) is 3. The van der Waals surface area contributed by atoms with Gasteiger partial charge in [-0.15, -0.1) is 0 Å². The van der Waals surface area contributed by atoms with Crippen molar-refractivity contribution in [1.82, 2.24) is 15.0 Å². The molecule has 2 rings (SSSR count). The monoisotopic (exact) mass is 215 g/mol. The lowest BCUT2D eigenvalue weighted by atomic mass is 9.89. The Morgan fingerprint density at radius 2 is 1.69 bits per heavy atom. The third-order valence-corrected chi connectivity index (χ3v) is 2.61. The zero-order valence-electron chi connectivity index (χ0n) is 10.5. The summed E-state index contributed by atoms with van der Waals surface area (Å²) >= 11 is 0. The zero-order valence-corrected chi connectivity index (χ0v) is 10.5. The van der Waals surface area contributed by atoms with Gasteiger partial charge in [-0.25, -0.2) is 9.97 Å². The van der Waals surface area contributed by atoms with E-state index in [0.717, 1.165) is 28.0 Å². The van der Waals surface area contributed by atoms with Gasteiger partial charge in [0.2, 0.25) is 0 Å². The Kier molecular flexibility index (Phi) is 2.41. The second-order valence-corrected chi connectivity index (χ2v) is 5.22. The van der Waals surface area contributed by atoms with Crippen molar-refractivity contribution in [1.29, 1.82) is 0 Å². The van der Waals surface area contributed by atoms with E-state index >= 15 is 0 Å². The van der Waals surface area contributed by atoms with Crippen LogP contribution in [0.25, 0.3) is 10.9 Å². The molecule has 2 heterocycles. The molecule has 0 unspecified atom stereocenters. The molecule has 0 fully saturated rings. The summed E-state index contributed by atoms with van der Waals surface area (Å²) in [7, 11) is 0. The molecule has 0 saturated heterocycles. The second-order valence-electron chi connectivity index (χ2n) is 5.22. The van der Waals surface area contributed by atoms with Crippen molar-refractivity contribution in [3.05, 3.63) is 29.5 Å². The highest BCUT2D eigenvalue weighted by Crippen LogP contribution is 2.28. The van der Waals surface area contributed by atoms with Crippen molar-refractivity contribution < 1.29 is 0 Å².